The van der Waals surface area contributed by atoms with E-state index in [1.54, 1.807) is 0 Å². The predicted molar refractivity (Wildman–Crippen MR) is 134 cm³/mol. The molecule has 0 aliphatic carbocycles. The average molecular weight is 449 g/mol. The zero-order chi connectivity index (χ0) is 23.8. The molecule has 0 amide bonds. The monoisotopic (exact) mass is 448 g/mol. The maximum atomic E-state index is 11.7. The third-order valence-corrected chi connectivity index (χ3v) is 6.47. The number of hydrogen-bond donors (Lipinski definition) is 0. The van der Waals surface area contributed by atoms with Gasteiger partial charge < -0.3 is 14.2 Å². The first-order valence-electron chi connectivity index (χ1n) is 11.8. The van der Waals surface area contributed by atoms with E-state index in [4.69, 9.17) is 9.72 Å². The molecular weight excluding hydrogens is 412 g/mol. The molecule has 1 saturated heterocycles. The molecule has 0 spiro atoms. The molecule has 2 aromatic heterocycles. The zero-order valence-corrected chi connectivity index (χ0v) is 20.7. The first-order valence-corrected chi connectivity index (χ1v) is 11.8. The number of methoxy groups -OCH3 is 1. The number of aromatic nitrogens is 2. The van der Waals surface area contributed by atoms with Gasteiger partial charge in [0.1, 0.15) is 5.65 Å². The second kappa shape index (κ2) is 9.18. The molecule has 6 heteroatoms. The van der Waals surface area contributed by atoms with Gasteiger partial charge in [-0.1, -0.05) is 32.9 Å². The van der Waals surface area contributed by atoms with Crippen LogP contribution in [0.5, 0.6) is 0 Å². The average Bonchev–Trinajstić information content (AvgIpc) is 3.18. The zero-order valence-electron chi connectivity index (χ0n) is 20.7. The molecule has 6 nitrogen and oxygen atoms in total. The molecule has 33 heavy (non-hydrogen) atoms. The van der Waals surface area contributed by atoms with Gasteiger partial charge in [0.05, 0.1) is 12.7 Å². The number of nitrogens with zero attached hydrogens (tertiary/aromatic N) is 4. The predicted octanol–water partition coefficient (Wildman–Crippen LogP) is 4.82. The van der Waals surface area contributed by atoms with Crippen molar-refractivity contribution < 1.29 is 9.53 Å². The van der Waals surface area contributed by atoms with E-state index in [9.17, 15) is 4.79 Å². The molecule has 176 valence electrons. The third kappa shape index (κ3) is 5.06. The van der Waals surface area contributed by atoms with Gasteiger partial charge in [0, 0.05) is 61.7 Å². The SMILES string of the molecule is COC(=O)c1ccc(Cn2ccc3c(N4CC(C)N(CC(C)(C)C)C(C)C4)ccnc32)cc1. The fraction of sp³-hybridized carbons (Fsp3) is 0.481. The van der Waals surface area contributed by atoms with Crippen LogP contribution in [0, 0.1) is 5.41 Å². The van der Waals surface area contributed by atoms with Gasteiger partial charge in [-0.3, -0.25) is 4.90 Å². The lowest BCUT2D eigenvalue weighted by atomic mass is 9.93. The molecule has 0 radical (unpaired) electrons. The molecule has 3 aromatic rings. The van der Waals surface area contributed by atoms with E-state index in [-0.39, 0.29) is 5.97 Å². The van der Waals surface area contributed by atoms with Gasteiger partial charge in [0.15, 0.2) is 0 Å². The number of hydrogen-bond acceptors (Lipinski definition) is 5. The number of benzene rings is 1. The molecule has 2 unspecified atom stereocenters. The molecule has 1 aliphatic heterocycles. The maximum absolute atomic E-state index is 11.7. The fourth-order valence-electron chi connectivity index (χ4n) is 4.95. The Morgan fingerprint density at radius 2 is 1.73 bits per heavy atom. The largest absolute Gasteiger partial charge is 0.465 e. The van der Waals surface area contributed by atoms with E-state index in [2.05, 4.69) is 67.3 Å². The molecule has 1 aliphatic rings. The van der Waals surface area contributed by atoms with Crippen LogP contribution in [0.3, 0.4) is 0 Å². The Morgan fingerprint density at radius 1 is 1.06 bits per heavy atom. The van der Waals surface area contributed by atoms with Crippen molar-refractivity contribution in [3.05, 3.63) is 59.9 Å². The first kappa shape index (κ1) is 23.3. The van der Waals surface area contributed by atoms with Crippen LogP contribution in [0.15, 0.2) is 48.8 Å². The summed E-state index contributed by atoms with van der Waals surface area (Å²) in [7, 11) is 1.40. The Morgan fingerprint density at radius 3 is 2.33 bits per heavy atom. The molecule has 4 rings (SSSR count). The number of fused-ring (bicyclic) bond motifs is 1. The number of rotatable bonds is 5. The second-order valence-electron chi connectivity index (χ2n) is 10.5. The molecule has 3 heterocycles. The van der Waals surface area contributed by atoms with E-state index in [0.717, 1.165) is 30.8 Å². The van der Waals surface area contributed by atoms with E-state index in [1.807, 2.05) is 30.5 Å². The lowest BCUT2D eigenvalue weighted by Crippen LogP contribution is -2.58. The van der Waals surface area contributed by atoms with Crippen LogP contribution >= 0.6 is 0 Å². The van der Waals surface area contributed by atoms with E-state index < -0.39 is 0 Å². The maximum Gasteiger partial charge on any atom is 0.337 e. The normalized spacial score (nSPS) is 19.8. The highest BCUT2D eigenvalue weighted by Gasteiger charge is 2.32. The van der Waals surface area contributed by atoms with E-state index >= 15 is 0 Å². The molecule has 1 fully saturated rings. The van der Waals surface area contributed by atoms with Crippen LogP contribution in [0.25, 0.3) is 11.0 Å². The van der Waals surface area contributed by atoms with Gasteiger partial charge in [-0.15, -0.1) is 0 Å². The lowest BCUT2D eigenvalue weighted by Gasteiger charge is -2.47. The van der Waals surface area contributed by atoms with Crippen molar-refractivity contribution in [3.63, 3.8) is 0 Å². The molecule has 2 atom stereocenters. The van der Waals surface area contributed by atoms with Gasteiger partial charge in [0.2, 0.25) is 0 Å². The van der Waals surface area contributed by atoms with Crippen molar-refractivity contribution in [1.29, 1.82) is 0 Å². The van der Waals surface area contributed by atoms with E-state index in [1.165, 1.54) is 18.2 Å². The van der Waals surface area contributed by atoms with Crippen molar-refractivity contribution in [1.82, 2.24) is 14.5 Å². The highest BCUT2D eigenvalue weighted by molar-refractivity contribution is 5.90. The smallest absolute Gasteiger partial charge is 0.337 e. The molecule has 0 bridgehead atoms. The van der Waals surface area contributed by atoms with Gasteiger partial charge in [-0.25, -0.2) is 9.78 Å². The quantitative estimate of drug-likeness (QED) is 0.524. The number of anilines is 1. The molecule has 1 aromatic carbocycles. The minimum atomic E-state index is -0.315. The summed E-state index contributed by atoms with van der Waals surface area (Å²) in [5, 5.41) is 1.19. The second-order valence-corrected chi connectivity index (χ2v) is 10.5. The summed E-state index contributed by atoms with van der Waals surface area (Å²) in [6.45, 7) is 15.5. The summed E-state index contributed by atoms with van der Waals surface area (Å²) in [5.74, 6) is -0.315. The van der Waals surface area contributed by atoms with Crippen LogP contribution < -0.4 is 4.90 Å². The molecular formula is C27H36N4O2. The van der Waals surface area contributed by atoms with Crippen LogP contribution in [-0.4, -0.2) is 59.2 Å². The van der Waals surface area contributed by atoms with Gasteiger partial charge >= 0.3 is 5.97 Å². The van der Waals surface area contributed by atoms with E-state index in [0.29, 0.717) is 29.6 Å². The Kier molecular flexibility index (Phi) is 6.48. The van der Waals surface area contributed by atoms with Gasteiger partial charge in [-0.05, 0) is 49.1 Å². The van der Waals surface area contributed by atoms with Crippen molar-refractivity contribution >= 4 is 22.7 Å². The topological polar surface area (TPSA) is 50.6 Å². The minimum absolute atomic E-state index is 0.293. The minimum Gasteiger partial charge on any atom is -0.465 e. The highest BCUT2D eigenvalue weighted by atomic mass is 16.5. The standard InChI is InChI=1S/C27H36N4O2/c1-19-15-30(16-20(2)31(19)18-27(3,4)5)24-11-13-28-25-23(24)12-14-29(25)17-21-7-9-22(10-8-21)26(32)33-6/h7-14,19-20H,15-18H2,1-6H3. The Bertz CT molecular complexity index is 1100. The Labute approximate surface area is 197 Å². The number of pyridine rings is 1. The van der Waals surface area contributed by atoms with Crippen LogP contribution in [-0.2, 0) is 11.3 Å². The lowest BCUT2D eigenvalue weighted by molar-refractivity contribution is 0.0600. The van der Waals surface area contributed by atoms with Crippen LogP contribution in [0.1, 0.15) is 50.5 Å². The number of esters is 1. The highest BCUT2D eigenvalue weighted by Crippen LogP contribution is 2.31. The fourth-order valence-corrected chi connectivity index (χ4v) is 4.95. The number of carbonyl (C=O) groups is 1. The summed E-state index contributed by atoms with van der Waals surface area (Å²) >= 11 is 0. The number of ether oxygens (including phenoxy) is 1. The summed E-state index contributed by atoms with van der Waals surface area (Å²) in [5.41, 5.74) is 4.22. The van der Waals surface area contributed by atoms with Crippen molar-refractivity contribution in [2.75, 3.05) is 31.6 Å². The molecule has 0 saturated carbocycles. The van der Waals surface area contributed by atoms with Gasteiger partial charge in [0.25, 0.3) is 0 Å². The van der Waals surface area contributed by atoms with Crippen LogP contribution in [0.2, 0.25) is 0 Å². The first-order chi connectivity index (χ1) is 15.7. The Hall–Kier alpha value is -2.86. The van der Waals surface area contributed by atoms with Crippen molar-refractivity contribution in [3.8, 4) is 0 Å². The summed E-state index contributed by atoms with van der Waals surface area (Å²) < 4.78 is 6.97. The van der Waals surface area contributed by atoms with Gasteiger partial charge in [-0.2, -0.15) is 0 Å². The number of carbonyl (C=O) groups excluding carboxylic acids is 1. The summed E-state index contributed by atoms with van der Waals surface area (Å²) in [4.78, 5) is 21.6. The molecule has 0 N–H and O–H groups in total. The third-order valence-electron chi connectivity index (χ3n) is 6.47. The summed E-state index contributed by atoms with van der Waals surface area (Å²) in [6.07, 6.45) is 4.03. The number of piperazine rings is 1. The van der Waals surface area contributed by atoms with Crippen molar-refractivity contribution in [2.45, 2.75) is 53.2 Å². The van der Waals surface area contributed by atoms with Crippen LogP contribution in [0.4, 0.5) is 5.69 Å². The van der Waals surface area contributed by atoms with Crippen molar-refractivity contribution in [2.24, 2.45) is 5.41 Å². The Balaban J connectivity index is 1.55. The summed E-state index contributed by atoms with van der Waals surface area (Å²) in [6, 6.07) is 12.9.